The molecule has 0 unspecified atom stereocenters. The molecule has 8 nitrogen and oxygen atoms in total. The Morgan fingerprint density at radius 3 is 2.68 bits per heavy atom. The van der Waals surface area contributed by atoms with Crippen LogP contribution in [0.15, 0.2) is 71.3 Å². The van der Waals surface area contributed by atoms with E-state index < -0.39 is 0 Å². The number of fused-ring (bicyclic) bond motifs is 1. The van der Waals surface area contributed by atoms with Gasteiger partial charge in [-0.25, -0.2) is 4.68 Å². The SMILES string of the molecule is O=C(Cn1nnc2ccccc21)Nc1ccccc1C(=O)NCc1ccco1. The molecule has 0 spiro atoms. The second-order valence-corrected chi connectivity index (χ2v) is 6.09. The molecule has 4 rings (SSSR count). The highest BCUT2D eigenvalue weighted by Gasteiger charge is 2.14. The van der Waals surface area contributed by atoms with Crippen molar-refractivity contribution < 1.29 is 14.0 Å². The van der Waals surface area contributed by atoms with Crippen LogP contribution in [0.4, 0.5) is 5.69 Å². The van der Waals surface area contributed by atoms with Crippen LogP contribution in [0.25, 0.3) is 11.0 Å². The Labute approximate surface area is 160 Å². The number of carbonyl (C=O) groups is 2. The van der Waals surface area contributed by atoms with Crippen LogP contribution in [0.2, 0.25) is 0 Å². The van der Waals surface area contributed by atoms with Crippen LogP contribution >= 0.6 is 0 Å². The number of amides is 2. The van der Waals surface area contributed by atoms with E-state index in [0.29, 0.717) is 22.5 Å². The number of furan rings is 1. The molecular formula is C20H17N5O3. The predicted octanol–water partition coefficient (Wildman–Crippen LogP) is 2.59. The van der Waals surface area contributed by atoms with Crippen LogP contribution in [-0.2, 0) is 17.9 Å². The summed E-state index contributed by atoms with van der Waals surface area (Å²) >= 11 is 0. The summed E-state index contributed by atoms with van der Waals surface area (Å²) in [5.74, 6) is 0.0355. The number of hydrogen-bond acceptors (Lipinski definition) is 5. The van der Waals surface area contributed by atoms with E-state index in [1.165, 1.54) is 4.68 Å². The Morgan fingerprint density at radius 2 is 1.82 bits per heavy atom. The summed E-state index contributed by atoms with van der Waals surface area (Å²) in [5.41, 5.74) is 2.27. The van der Waals surface area contributed by atoms with Crippen molar-refractivity contribution in [2.24, 2.45) is 0 Å². The van der Waals surface area contributed by atoms with Crippen LogP contribution in [0.3, 0.4) is 0 Å². The number of benzene rings is 2. The summed E-state index contributed by atoms with van der Waals surface area (Å²) < 4.78 is 6.73. The number of anilines is 1. The first kappa shape index (κ1) is 17.5. The van der Waals surface area contributed by atoms with Gasteiger partial charge in [-0.15, -0.1) is 5.10 Å². The lowest BCUT2D eigenvalue weighted by atomic mass is 10.1. The number of nitrogens with zero attached hydrogens (tertiary/aromatic N) is 3. The Hall–Kier alpha value is -3.94. The molecule has 28 heavy (non-hydrogen) atoms. The highest BCUT2D eigenvalue weighted by molar-refractivity contribution is 6.03. The van der Waals surface area contributed by atoms with Gasteiger partial charge in [0.1, 0.15) is 17.8 Å². The quantitative estimate of drug-likeness (QED) is 0.539. The van der Waals surface area contributed by atoms with Crippen molar-refractivity contribution >= 4 is 28.5 Å². The Kier molecular flexibility index (Phi) is 4.83. The highest BCUT2D eigenvalue weighted by atomic mass is 16.3. The second kappa shape index (κ2) is 7.75. The number of carbonyl (C=O) groups excluding carboxylic acids is 2. The van der Waals surface area contributed by atoms with Crippen LogP contribution in [-0.4, -0.2) is 26.8 Å². The van der Waals surface area contributed by atoms with Crippen molar-refractivity contribution in [2.75, 3.05) is 5.32 Å². The zero-order valence-electron chi connectivity index (χ0n) is 14.8. The minimum Gasteiger partial charge on any atom is -0.467 e. The molecular weight excluding hydrogens is 358 g/mol. The van der Waals surface area contributed by atoms with E-state index in [4.69, 9.17) is 4.42 Å². The third-order valence-electron chi connectivity index (χ3n) is 4.16. The molecule has 0 aliphatic rings. The largest absolute Gasteiger partial charge is 0.467 e. The molecule has 140 valence electrons. The number of rotatable bonds is 6. The molecule has 2 aromatic carbocycles. The Balaban J connectivity index is 1.45. The van der Waals surface area contributed by atoms with Crippen molar-refractivity contribution in [1.82, 2.24) is 20.3 Å². The summed E-state index contributed by atoms with van der Waals surface area (Å²) in [6.45, 7) is 0.252. The van der Waals surface area contributed by atoms with Gasteiger partial charge in [0.2, 0.25) is 5.91 Å². The molecule has 0 aliphatic carbocycles. The number of aromatic nitrogens is 3. The lowest BCUT2D eigenvalue weighted by Crippen LogP contribution is -2.26. The minimum atomic E-state index is -0.307. The van der Waals surface area contributed by atoms with Crippen LogP contribution in [0.5, 0.6) is 0 Å². The van der Waals surface area contributed by atoms with E-state index >= 15 is 0 Å². The summed E-state index contributed by atoms with van der Waals surface area (Å²) in [4.78, 5) is 25.0. The van der Waals surface area contributed by atoms with E-state index in [0.717, 1.165) is 5.52 Å². The number of nitrogens with one attached hydrogen (secondary N) is 2. The summed E-state index contributed by atoms with van der Waals surface area (Å²) in [5, 5.41) is 13.6. The molecule has 0 radical (unpaired) electrons. The fraction of sp³-hybridized carbons (Fsp3) is 0.100. The first-order valence-electron chi connectivity index (χ1n) is 8.68. The summed E-state index contributed by atoms with van der Waals surface area (Å²) in [6.07, 6.45) is 1.55. The summed E-state index contributed by atoms with van der Waals surface area (Å²) in [7, 11) is 0. The molecule has 2 aromatic heterocycles. The molecule has 0 fully saturated rings. The molecule has 0 bridgehead atoms. The topological polar surface area (TPSA) is 102 Å². The van der Waals surface area contributed by atoms with Gasteiger partial charge >= 0.3 is 0 Å². The second-order valence-electron chi connectivity index (χ2n) is 6.09. The Bertz CT molecular complexity index is 1120. The van der Waals surface area contributed by atoms with Crippen LogP contribution in [0.1, 0.15) is 16.1 Å². The lowest BCUT2D eigenvalue weighted by Gasteiger charge is -2.11. The van der Waals surface area contributed by atoms with Gasteiger partial charge in [-0.3, -0.25) is 9.59 Å². The maximum absolute atomic E-state index is 12.5. The van der Waals surface area contributed by atoms with Gasteiger partial charge < -0.3 is 15.1 Å². The van der Waals surface area contributed by atoms with Crippen LogP contribution < -0.4 is 10.6 Å². The molecule has 0 saturated heterocycles. The van der Waals surface area contributed by atoms with Crippen molar-refractivity contribution in [3.05, 3.63) is 78.3 Å². The van der Waals surface area contributed by atoms with E-state index in [1.54, 1.807) is 42.7 Å². The van der Waals surface area contributed by atoms with E-state index in [2.05, 4.69) is 20.9 Å². The number of para-hydroxylation sites is 2. The maximum atomic E-state index is 12.5. The summed E-state index contributed by atoms with van der Waals surface area (Å²) in [6, 6.07) is 17.7. The molecule has 2 heterocycles. The smallest absolute Gasteiger partial charge is 0.253 e. The molecule has 0 saturated carbocycles. The normalized spacial score (nSPS) is 10.7. The van der Waals surface area contributed by atoms with Gasteiger partial charge in [0.15, 0.2) is 0 Å². The highest BCUT2D eigenvalue weighted by Crippen LogP contribution is 2.16. The fourth-order valence-electron chi connectivity index (χ4n) is 2.83. The molecule has 8 heteroatoms. The minimum absolute atomic E-state index is 0.0110. The first-order valence-corrected chi connectivity index (χ1v) is 8.68. The zero-order chi connectivity index (χ0) is 19.3. The standard InChI is InChI=1S/C20H17N5O3/c26-19(13-25-18-10-4-3-9-17(18)23-24-25)22-16-8-2-1-7-15(16)20(27)21-12-14-6-5-11-28-14/h1-11H,12-13H2,(H,21,27)(H,22,26). The third kappa shape index (κ3) is 3.75. The zero-order valence-corrected chi connectivity index (χ0v) is 14.8. The van der Waals surface area contributed by atoms with Gasteiger partial charge in [-0.2, -0.15) is 0 Å². The fourth-order valence-corrected chi connectivity index (χ4v) is 2.83. The molecule has 2 N–H and O–H groups in total. The average Bonchev–Trinajstić information content (AvgIpc) is 3.37. The van der Waals surface area contributed by atoms with Crippen molar-refractivity contribution in [3.63, 3.8) is 0 Å². The molecule has 2 amide bonds. The van der Waals surface area contributed by atoms with Gasteiger partial charge in [-0.1, -0.05) is 29.5 Å². The van der Waals surface area contributed by atoms with E-state index in [1.807, 2.05) is 24.3 Å². The number of hydrogen-bond donors (Lipinski definition) is 2. The van der Waals surface area contributed by atoms with Gasteiger partial charge in [-0.05, 0) is 36.4 Å². The molecule has 0 atom stereocenters. The van der Waals surface area contributed by atoms with Gasteiger partial charge in [0, 0.05) is 0 Å². The Morgan fingerprint density at radius 1 is 1.00 bits per heavy atom. The first-order chi connectivity index (χ1) is 13.7. The van der Waals surface area contributed by atoms with E-state index in [-0.39, 0.29) is 24.9 Å². The average molecular weight is 375 g/mol. The van der Waals surface area contributed by atoms with Gasteiger partial charge in [0.05, 0.1) is 29.6 Å². The molecule has 0 aliphatic heterocycles. The monoisotopic (exact) mass is 375 g/mol. The van der Waals surface area contributed by atoms with Gasteiger partial charge in [0.25, 0.3) is 5.91 Å². The molecule has 4 aromatic rings. The van der Waals surface area contributed by atoms with Crippen molar-refractivity contribution in [3.8, 4) is 0 Å². The predicted molar refractivity (Wildman–Crippen MR) is 102 cm³/mol. The third-order valence-corrected chi connectivity index (χ3v) is 4.16. The van der Waals surface area contributed by atoms with Crippen LogP contribution in [0, 0.1) is 0 Å². The lowest BCUT2D eigenvalue weighted by molar-refractivity contribution is -0.116. The van der Waals surface area contributed by atoms with E-state index in [9.17, 15) is 9.59 Å². The maximum Gasteiger partial charge on any atom is 0.253 e. The van der Waals surface area contributed by atoms with Crippen molar-refractivity contribution in [1.29, 1.82) is 0 Å². The van der Waals surface area contributed by atoms with Crippen molar-refractivity contribution in [2.45, 2.75) is 13.1 Å².